The highest BCUT2D eigenvalue weighted by Crippen LogP contribution is 2.52. The molecule has 5 nitrogen and oxygen atoms in total. The van der Waals surface area contributed by atoms with Gasteiger partial charge in [-0.1, -0.05) is 25.3 Å². The highest BCUT2D eigenvalue weighted by Gasteiger charge is 2.54. The van der Waals surface area contributed by atoms with Gasteiger partial charge in [0.1, 0.15) is 11.8 Å². The molecule has 3 fully saturated rings. The first-order valence-electron chi connectivity index (χ1n) is 9.97. The molecule has 1 aromatic rings. The fourth-order valence-electron chi connectivity index (χ4n) is 5.70. The van der Waals surface area contributed by atoms with Crippen molar-refractivity contribution in [3.05, 3.63) is 29.6 Å². The second kappa shape index (κ2) is 7.01. The van der Waals surface area contributed by atoms with Crippen LogP contribution in [0.3, 0.4) is 0 Å². The summed E-state index contributed by atoms with van der Waals surface area (Å²) in [4.78, 5) is 29.2. The standard InChI is InChI=1S/C21H28N2O3/c1-12-6-5-9-18(23-12)20(24)22-11-17-15-8-4-3-7-14(15)10-16-19(17)13(2)26-21(16)25/h5-6,9,13-17,19H,3-4,7-8,10-11H2,1-2H3,(H,22,24). The van der Waals surface area contributed by atoms with E-state index < -0.39 is 0 Å². The van der Waals surface area contributed by atoms with Gasteiger partial charge in [0.25, 0.3) is 5.91 Å². The molecule has 1 aliphatic heterocycles. The number of aryl methyl sites for hydroxylation is 1. The molecule has 1 N–H and O–H groups in total. The molecule has 0 radical (unpaired) electrons. The number of aromatic nitrogens is 1. The summed E-state index contributed by atoms with van der Waals surface area (Å²) in [6.07, 6.45) is 5.86. The van der Waals surface area contributed by atoms with Crippen molar-refractivity contribution >= 4 is 11.9 Å². The Hall–Kier alpha value is -1.91. The third-order valence-corrected chi connectivity index (χ3v) is 6.80. The Morgan fingerprint density at radius 3 is 2.92 bits per heavy atom. The molecule has 0 spiro atoms. The van der Waals surface area contributed by atoms with E-state index in [1.807, 2.05) is 26.0 Å². The molecule has 1 amide bonds. The van der Waals surface area contributed by atoms with E-state index in [1.54, 1.807) is 6.07 Å². The van der Waals surface area contributed by atoms with Crippen molar-refractivity contribution in [1.82, 2.24) is 10.3 Å². The number of ether oxygens (including phenoxy) is 1. The maximum absolute atomic E-state index is 12.6. The first kappa shape index (κ1) is 17.5. The molecular weight excluding hydrogens is 328 g/mol. The van der Waals surface area contributed by atoms with Gasteiger partial charge in [0.05, 0.1) is 5.92 Å². The van der Waals surface area contributed by atoms with Crippen molar-refractivity contribution in [3.8, 4) is 0 Å². The van der Waals surface area contributed by atoms with Crippen LogP contribution in [0.4, 0.5) is 0 Å². The summed E-state index contributed by atoms with van der Waals surface area (Å²) in [5.41, 5.74) is 1.30. The zero-order valence-corrected chi connectivity index (χ0v) is 15.6. The van der Waals surface area contributed by atoms with Gasteiger partial charge in [-0.25, -0.2) is 4.98 Å². The highest BCUT2D eigenvalue weighted by atomic mass is 16.6. The summed E-state index contributed by atoms with van der Waals surface area (Å²) in [5.74, 6) is 1.60. The number of nitrogens with one attached hydrogen (secondary N) is 1. The second-order valence-electron chi connectivity index (χ2n) is 8.31. The lowest BCUT2D eigenvalue weighted by Crippen LogP contribution is -2.48. The SMILES string of the molecule is Cc1cccc(C(=O)NCC2C3CCCCC3CC3C(=O)OC(C)C32)n1. The van der Waals surface area contributed by atoms with Crippen molar-refractivity contribution in [2.45, 2.75) is 52.1 Å². The number of esters is 1. The van der Waals surface area contributed by atoms with E-state index >= 15 is 0 Å². The molecule has 6 atom stereocenters. The summed E-state index contributed by atoms with van der Waals surface area (Å²) >= 11 is 0. The smallest absolute Gasteiger partial charge is 0.309 e. The summed E-state index contributed by atoms with van der Waals surface area (Å²) in [7, 11) is 0. The Bertz CT molecular complexity index is 704. The van der Waals surface area contributed by atoms with Crippen molar-refractivity contribution in [3.63, 3.8) is 0 Å². The van der Waals surface area contributed by atoms with Gasteiger partial charge in [0.15, 0.2) is 0 Å². The summed E-state index contributed by atoms with van der Waals surface area (Å²) < 4.78 is 5.59. The Morgan fingerprint density at radius 1 is 1.31 bits per heavy atom. The molecule has 5 heteroatoms. The number of pyridine rings is 1. The summed E-state index contributed by atoms with van der Waals surface area (Å²) in [6.45, 7) is 4.51. The van der Waals surface area contributed by atoms with Gasteiger partial charge in [-0.05, 0) is 56.6 Å². The van der Waals surface area contributed by atoms with Gasteiger partial charge in [-0.2, -0.15) is 0 Å². The van der Waals surface area contributed by atoms with Gasteiger partial charge in [-0.15, -0.1) is 0 Å². The number of amides is 1. The molecule has 1 saturated heterocycles. The van der Waals surface area contributed by atoms with E-state index in [1.165, 1.54) is 25.7 Å². The topological polar surface area (TPSA) is 68.3 Å². The molecule has 4 rings (SSSR count). The lowest BCUT2D eigenvalue weighted by molar-refractivity contribution is -0.144. The highest BCUT2D eigenvalue weighted by molar-refractivity contribution is 5.92. The average molecular weight is 356 g/mol. The van der Waals surface area contributed by atoms with E-state index in [0.717, 1.165) is 12.1 Å². The normalized spacial score (nSPS) is 36.0. The molecule has 140 valence electrons. The maximum Gasteiger partial charge on any atom is 0.309 e. The van der Waals surface area contributed by atoms with Crippen LogP contribution in [-0.4, -0.2) is 29.5 Å². The molecule has 2 saturated carbocycles. The number of rotatable bonds is 3. The number of hydrogen-bond donors (Lipinski definition) is 1. The van der Waals surface area contributed by atoms with Gasteiger partial charge >= 0.3 is 5.97 Å². The Kier molecular flexibility index (Phi) is 4.72. The van der Waals surface area contributed by atoms with Crippen LogP contribution < -0.4 is 5.32 Å². The fraction of sp³-hybridized carbons (Fsp3) is 0.667. The van der Waals surface area contributed by atoms with Crippen molar-refractivity contribution in [1.29, 1.82) is 0 Å². The predicted octanol–water partition coefficient (Wildman–Crippen LogP) is 3.12. The first-order valence-corrected chi connectivity index (χ1v) is 9.97. The van der Waals surface area contributed by atoms with Gasteiger partial charge < -0.3 is 10.1 Å². The van der Waals surface area contributed by atoms with Crippen LogP contribution in [0.25, 0.3) is 0 Å². The van der Waals surface area contributed by atoms with E-state index in [4.69, 9.17) is 4.74 Å². The van der Waals surface area contributed by atoms with Crippen LogP contribution in [0.15, 0.2) is 18.2 Å². The van der Waals surface area contributed by atoms with Crippen LogP contribution in [0, 0.1) is 36.5 Å². The number of hydrogen-bond acceptors (Lipinski definition) is 4. The van der Waals surface area contributed by atoms with Gasteiger partial charge in [-0.3, -0.25) is 9.59 Å². The molecule has 0 aromatic carbocycles. The number of cyclic esters (lactones) is 1. The Balaban J connectivity index is 1.52. The fourth-order valence-corrected chi connectivity index (χ4v) is 5.70. The zero-order chi connectivity index (χ0) is 18.3. The minimum absolute atomic E-state index is 0.0170. The third kappa shape index (κ3) is 3.12. The number of carbonyl (C=O) groups is 2. The third-order valence-electron chi connectivity index (χ3n) is 6.80. The quantitative estimate of drug-likeness (QED) is 0.845. The van der Waals surface area contributed by atoms with Crippen LogP contribution in [0.5, 0.6) is 0 Å². The number of carbonyl (C=O) groups excluding carboxylic acids is 2. The Morgan fingerprint density at radius 2 is 2.12 bits per heavy atom. The molecule has 3 aliphatic rings. The molecule has 2 heterocycles. The first-order chi connectivity index (χ1) is 12.5. The van der Waals surface area contributed by atoms with Crippen LogP contribution >= 0.6 is 0 Å². The van der Waals surface area contributed by atoms with E-state index in [0.29, 0.717) is 30.0 Å². The molecular formula is C21H28N2O3. The van der Waals surface area contributed by atoms with Crippen LogP contribution in [0.2, 0.25) is 0 Å². The molecule has 6 unspecified atom stereocenters. The zero-order valence-electron chi connectivity index (χ0n) is 15.6. The summed E-state index contributed by atoms with van der Waals surface area (Å²) in [6, 6.07) is 5.50. The molecule has 0 bridgehead atoms. The molecule has 2 aliphatic carbocycles. The van der Waals surface area contributed by atoms with Crippen molar-refractivity contribution in [2.24, 2.45) is 29.6 Å². The monoisotopic (exact) mass is 356 g/mol. The van der Waals surface area contributed by atoms with E-state index in [2.05, 4.69) is 10.3 Å². The van der Waals surface area contributed by atoms with Crippen molar-refractivity contribution in [2.75, 3.05) is 6.54 Å². The number of fused-ring (bicyclic) bond motifs is 2. The average Bonchev–Trinajstić information content (AvgIpc) is 2.92. The van der Waals surface area contributed by atoms with Crippen LogP contribution in [0.1, 0.15) is 55.2 Å². The Labute approximate surface area is 154 Å². The minimum atomic E-state index is -0.124. The molecule has 1 aromatic heterocycles. The number of nitrogens with zero attached hydrogens (tertiary/aromatic N) is 1. The van der Waals surface area contributed by atoms with E-state index in [9.17, 15) is 9.59 Å². The van der Waals surface area contributed by atoms with Gasteiger partial charge in [0, 0.05) is 18.2 Å². The predicted molar refractivity (Wildman–Crippen MR) is 97.4 cm³/mol. The largest absolute Gasteiger partial charge is 0.462 e. The lowest BCUT2D eigenvalue weighted by atomic mass is 9.57. The van der Waals surface area contributed by atoms with Crippen LogP contribution in [-0.2, 0) is 9.53 Å². The minimum Gasteiger partial charge on any atom is -0.462 e. The van der Waals surface area contributed by atoms with E-state index in [-0.39, 0.29) is 29.8 Å². The molecule has 26 heavy (non-hydrogen) atoms. The van der Waals surface area contributed by atoms with Gasteiger partial charge in [0.2, 0.25) is 0 Å². The maximum atomic E-state index is 12.6. The summed E-state index contributed by atoms with van der Waals surface area (Å²) in [5, 5.41) is 3.11. The van der Waals surface area contributed by atoms with Crippen molar-refractivity contribution < 1.29 is 14.3 Å². The second-order valence-corrected chi connectivity index (χ2v) is 8.31. The lowest BCUT2D eigenvalue weighted by Gasteiger charge is -2.46.